The van der Waals surface area contributed by atoms with Gasteiger partial charge in [-0.2, -0.15) is 0 Å². The Hall–Kier alpha value is -3.98. The van der Waals surface area contributed by atoms with Crippen LogP contribution in [0.25, 0.3) is 17.0 Å². The number of nitrogens with one attached hydrogen (secondary N) is 2. The lowest BCUT2D eigenvalue weighted by atomic mass is 10.1. The summed E-state index contributed by atoms with van der Waals surface area (Å²) in [5.74, 6) is 0.441. The number of fused-ring (bicyclic) bond motifs is 1. The molecule has 4 aromatic rings. The SMILES string of the molecule is CCc1oc2ccccc2c1/C=C/C(=O)Nc1ccc(S(=O)(=O)Nc2ncccn2)cc1. The summed E-state index contributed by atoms with van der Waals surface area (Å²) in [6, 6.07) is 15.0. The average Bonchev–Trinajstić information content (AvgIpc) is 3.16. The number of hydrogen-bond donors (Lipinski definition) is 2. The first kappa shape index (κ1) is 21.3. The van der Waals surface area contributed by atoms with Crippen LogP contribution in [0.2, 0.25) is 0 Å². The number of carbonyl (C=O) groups excluding carboxylic acids is 1. The molecule has 0 saturated heterocycles. The molecule has 0 radical (unpaired) electrons. The van der Waals surface area contributed by atoms with Gasteiger partial charge < -0.3 is 9.73 Å². The van der Waals surface area contributed by atoms with E-state index in [2.05, 4.69) is 20.0 Å². The second kappa shape index (κ2) is 9.03. The Morgan fingerprint density at radius 3 is 2.47 bits per heavy atom. The number of amides is 1. The lowest BCUT2D eigenvalue weighted by Crippen LogP contribution is -2.15. The first-order valence-electron chi connectivity index (χ1n) is 9.85. The van der Waals surface area contributed by atoms with E-state index >= 15 is 0 Å². The molecular formula is C23H20N4O4S. The molecular weight excluding hydrogens is 428 g/mol. The van der Waals surface area contributed by atoms with Crippen LogP contribution in [0, 0.1) is 0 Å². The van der Waals surface area contributed by atoms with E-state index in [1.165, 1.54) is 42.7 Å². The quantitative estimate of drug-likeness (QED) is 0.409. The number of aryl methyl sites for hydroxylation is 1. The van der Waals surface area contributed by atoms with Gasteiger partial charge in [-0.05, 0) is 42.5 Å². The highest BCUT2D eigenvalue weighted by Crippen LogP contribution is 2.27. The summed E-state index contributed by atoms with van der Waals surface area (Å²) < 4.78 is 33.0. The normalized spacial score (nSPS) is 11.7. The molecule has 0 unspecified atom stereocenters. The number of sulfonamides is 1. The fourth-order valence-electron chi connectivity index (χ4n) is 3.15. The summed E-state index contributed by atoms with van der Waals surface area (Å²) in [7, 11) is -3.84. The Kier molecular flexibility index (Phi) is 6.00. The van der Waals surface area contributed by atoms with Crippen LogP contribution in [0.3, 0.4) is 0 Å². The van der Waals surface area contributed by atoms with E-state index in [0.29, 0.717) is 12.1 Å². The zero-order chi connectivity index (χ0) is 22.6. The largest absolute Gasteiger partial charge is 0.460 e. The maximum Gasteiger partial charge on any atom is 0.264 e. The molecule has 32 heavy (non-hydrogen) atoms. The van der Waals surface area contributed by atoms with Crippen molar-refractivity contribution in [1.82, 2.24) is 9.97 Å². The van der Waals surface area contributed by atoms with Crippen LogP contribution in [0.4, 0.5) is 11.6 Å². The van der Waals surface area contributed by atoms with Crippen molar-refractivity contribution in [3.63, 3.8) is 0 Å². The molecule has 2 aromatic heterocycles. The van der Waals surface area contributed by atoms with Gasteiger partial charge in [-0.1, -0.05) is 25.1 Å². The standard InChI is InChI=1S/C23H20N4O4S/c1-2-20-19(18-6-3-4-7-21(18)31-20)12-13-22(28)26-16-8-10-17(11-9-16)32(29,30)27-23-24-14-5-15-25-23/h3-15H,2H2,1H3,(H,26,28)(H,24,25,27)/b13-12+. The van der Waals surface area contributed by atoms with Crippen molar-refractivity contribution in [2.75, 3.05) is 10.0 Å². The number of aromatic nitrogens is 2. The molecule has 8 nitrogen and oxygen atoms in total. The van der Waals surface area contributed by atoms with Gasteiger partial charge in [0.15, 0.2) is 0 Å². The van der Waals surface area contributed by atoms with Crippen molar-refractivity contribution < 1.29 is 17.6 Å². The van der Waals surface area contributed by atoms with Crippen molar-refractivity contribution in [3.8, 4) is 0 Å². The van der Waals surface area contributed by atoms with Crippen molar-refractivity contribution >= 4 is 44.6 Å². The average molecular weight is 449 g/mol. The summed E-state index contributed by atoms with van der Waals surface area (Å²) in [4.78, 5) is 20.1. The topological polar surface area (TPSA) is 114 Å². The third-order valence-corrected chi connectivity index (χ3v) is 6.00. The monoisotopic (exact) mass is 448 g/mol. The molecule has 0 bridgehead atoms. The maximum atomic E-state index is 12.4. The number of hydrogen-bond acceptors (Lipinski definition) is 6. The Morgan fingerprint density at radius 2 is 1.75 bits per heavy atom. The third kappa shape index (κ3) is 4.68. The van der Waals surface area contributed by atoms with Crippen molar-refractivity contribution in [3.05, 3.63) is 84.4 Å². The molecule has 162 valence electrons. The molecule has 4 rings (SSSR count). The first-order valence-corrected chi connectivity index (χ1v) is 11.3. The lowest BCUT2D eigenvalue weighted by molar-refractivity contribution is -0.111. The van der Waals surface area contributed by atoms with Crippen molar-refractivity contribution in [2.24, 2.45) is 0 Å². The minimum atomic E-state index is -3.84. The van der Waals surface area contributed by atoms with Crippen LogP contribution < -0.4 is 10.0 Å². The van der Waals surface area contributed by atoms with E-state index in [1.807, 2.05) is 31.2 Å². The number of nitrogens with zero attached hydrogens (tertiary/aromatic N) is 2. The summed E-state index contributed by atoms with van der Waals surface area (Å²) in [5.41, 5.74) is 2.10. The molecule has 0 aliphatic carbocycles. The molecule has 2 heterocycles. The summed E-state index contributed by atoms with van der Waals surface area (Å²) in [5, 5.41) is 3.66. The first-order chi connectivity index (χ1) is 15.5. The summed E-state index contributed by atoms with van der Waals surface area (Å²) >= 11 is 0. The third-order valence-electron chi connectivity index (χ3n) is 4.66. The molecule has 2 aromatic carbocycles. The van der Waals surface area contributed by atoms with Gasteiger partial charge >= 0.3 is 0 Å². The highest BCUT2D eigenvalue weighted by Gasteiger charge is 2.15. The van der Waals surface area contributed by atoms with E-state index < -0.39 is 10.0 Å². The molecule has 0 aliphatic heterocycles. The number of furan rings is 1. The van der Waals surface area contributed by atoms with Crippen LogP contribution in [0.1, 0.15) is 18.2 Å². The summed E-state index contributed by atoms with van der Waals surface area (Å²) in [6.07, 6.45) is 6.73. The second-order valence-corrected chi connectivity index (χ2v) is 8.50. The Bertz CT molecular complexity index is 1380. The van der Waals surface area contributed by atoms with Gasteiger partial charge in [0.2, 0.25) is 11.9 Å². The molecule has 0 spiro atoms. The van der Waals surface area contributed by atoms with Gasteiger partial charge in [0.25, 0.3) is 10.0 Å². The lowest BCUT2D eigenvalue weighted by Gasteiger charge is -2.07. The fraction of sp³-hybridized carbons (Fsp3) is 0.0870. The zero-order valence-corrected chi connectivity index (χ0v) is 18.0. The smallest absolute Gasteiger partial charge is 0.264 e. The predicted octanol–water partition coefficient (Wildman–Crippen LogP) is 4.24. The van der Waals surface area contributed by atoms with E-state index in [0.717, 1.165) is 22.3 Å². The minimum absolute atomic E-state index is 0.0202. The van der Waals surface area contributed by atoms with Gasteiger partial charge in [-0.15, -0.1) is 0 Å². The Labute approximate surface area is 185 Å². The van der Waals surface area contributed by atoms with E-state index in [9.17, 15) is 13.2 Å². The highest BCUT2D eigenvalue weighted by molar-refractivity contribution is 7.92. The molecule has 0 fully saturated rings. The van der Waals surface area contributed by atoms with Crippen LogP contribution >= 0.6 is 0 Å². The van der Waals surface area contributed by atoms with Crippen molar-refractivity contribution in [1.29, 1.82) is 0 Å². The molecule has 2 N–H and O–H groups in total. The number of anilines is 2. The molecule has 0 aliphatic rings. The summed E-state index contributed by atoms with van der Waals surface area (Å²) in [6.45, 7) is 1.99. The van der Waals surface area contributed by atoms with Gasteiger partial charge in [0.1, 0.15) is 11.3 Å². The second-order valence-electron chi connectivity index (χ2n) is 6.81. The predicted molar refractivity (Wildman–Crippen MR) is 123 cm³/mol. The molecule has 1 amide bonds. The van der Waals surface area contributed by atoms with E-state index in [-0.39, 0.29) is 16.8 Å². The maximum absolute atomic E-state index is 12.4. The van der Waals surface area contributed by atoms with E-state index in [1.54, 1.807) is 12.1 Å². The van der Waals surface area contributed by atoms with Crippen molar-refractivity contribution in [2.45, 2.75) is 18.2 Å². The van der Waals surface area contributed by atoms with Crippen LogP contribution in [0.5, 0.6) is 0 Å². The highest BCUT2D eigenvalue weighted by atomic mass is 32.2. The number of carbonyl (C=O) groups is 1. The Balaban J connectivity index is 1.45. The minimum Gasteiger partial charge on any atom is -0.460 e. The number of rotatable bonds is 7. The fourth-order valence-corrected chi connectivity index (χ4v) is 4.11. The van der Waals surface area contributed by atoms with E-state index in [4.69, 9.17) is 4.42 Å². The molecule has 0 saturated carbocycles. The van der Waals surface area contributed by atoms with Gasteiger partial charge in [-0.3, -0.25) is 4.79 Å². The molecule has 9 heteroatoms. The van der Waals surface area contributed by atoms with Gasteiger partial charge in [0, 0.05) is 41.5 Å². The van der Waals surface area contributed by atoms with Crippen LogP contribution in [-0.2, 0) is 21.2 Å². The van der Waals surface area contributed by atoms with Crippen LogP contribution in [-0.4, -0.2) is 24.3 Å². The van der Waals surface area contributed by atoms with Gasteiger partial charge in [-0.25, -0.2) is 23.1 Å². The number of para-hydroxylation sites is 1. The Morgan fingerprint density at radius 1 is 1.03 bits per heavy atom. The zero-order valence-electron chi connectivity index (χ0n) is 17.1. The number of benzene rings is 2. The molecule has 0 atom stereocenters. The van der Waals surface area contributed by atoms with Gasteiger partial charge in [0.05, 0.1) is 4.90 Å². The van der Waals surface area contributed by atoms with Crippen LogP contribution in [0.15, 0.2) is 82.4 Å².